The Morgan fingerprint density at radius 2 is 2.11 bits per heavy atom. The van der Waals surface area contributed by atoms with Crippen molar-refractivity contribution in [3.63, 3.8) is 0 Å². The van der Waals surface area contributed by atoms with Crippen LogP contribution in [0.1, 0.15) is 36.0 Å². The third-order valence-corrected chi connectivity index (χ3v) is 5.60. The molecule has 0 spiro atoms. The minimum atomic E-state index is -0.765. The van der Waals surface area contributed by atoms with Crippen LogP contribution >= 0.6 is 43.2 Å². The van der Waals surface area contributed by atoms with Gasteiger partial charge in [-0.3, -0.25) is 9.59 Å². The Bertz CT molecular complexity index is 503. The molecule has 4 nitrogen and oxygen atoms in total. The van der Waals surface area contributed by atoms with E-state index in [1.807, 2.05) is 0 Å². The van der Waals surface area contributed by atoms with Gasteiger partial charge < -0.3 is 10.4 Å². The van der Waals surface area contributed by atoms with E-state index in [1.165, 1.54) is 11.3 Å². The van der Waals surface area contributed by atoms with E-state index in [2.05, 4.69) is 37.2 Å². The number of carboxylic acid groups (broad SMARTS) is 1. The van der Waals surface area contributed by atoms with Crippen LogP contribution in [-0.4, -0.2) is 23.0 Å². The molecule has 2 N–H and O–H groups in total. The van der Waals surface area contributed by atoms with E-state index in [0.717, 1.165) is 20.4 Å². The Labute approximate surface area is 131 Å². The summed E-state index contributed by atoms with van der Waals surface area (Å²) in [5.41, 5.74) is 0.592. The van der Waals surface area contributed by atoms with Crippen LogP contribution in [0.4, 0.5) is 0 Å². The topological polar surface area (TPSA) is 66.4 Å². The maximum Gasteiger partial charge on any atom is 0.306 e. The Morgan fingerprint density at radius 3 is 2.68 bits per heavy atom. The first-order chi connectivity index (χ1) is 8.97. The summed E-state index contributed by atoms with van der Waals surface area (Å²) >= 11 is 8.13. The number of carbonyl (C=O) groups excluding carboxylic acids is 1. The van der Waals surface area contributed by atoms with Crippen molar-refractivity contribution in [2.45, 2.75) is 31.7 Å². The van der Waals surface area contributed by atoms with Crippen molar-refractivity contribution in [3.05, 3.63) is 19.2 Å². The summed E-state index contributed by atoms with van der Waals surface area (Å²) < 4.78 is 1.67. The molecule has 1 heterocycles. The standard InChI is InChI=1S/C12H13Br2NO3S/c13-9-5-8(10(14)19-9)11(16)15-7-3-1-2-6(4-7)12(17)18/h5-7H,1-4H2,(H,15,16)(H,17,18). The molecule has 1 aliphatic carbocycles. The van der Waals surface area contributed by atoms with Crippen molar-refractivity contribution >= 4 is 55.1 Å². The quantitative estimate of drug-likeness (QED) is 0.799. The third-order valence-electron chi connectivity index (χ3n) is 3.26. The number of hydrogen-bond acceptors (Lipinski definition) is 3. The molecule has 1 aliphatic rings. The van der Waals surface area contributed by atoms with Crippen LogP contribution in [0.5, 0.6) is 0 Å². The second-order valence-electron chi connectivity index (χ2n) is 4.61. The average molecular weight is 411 g/mol. The van der Waals surface area contributed by atoms with Crippen molar-refractivity contribution in [2.75, 3.05) is 0 Å². The molecule has 1 aromatic heterocycles. The highest BCUT2D eigenvalue weighted by atomic mass is 79.9. The number of halogens is 2. The van der Waals surface area contributed by atoms with E-state index in [0.29, 0.717) is 18.4 Å². The molecule has 1 saturated carbocycles. The van der Waals surface area contributed by atoms with E-state index in [9.17, 15) is 9.59 Å². The number of carbonyl (C=O) groups is 2. The van der Waals surface area contributed by atoms with Gasteiger partial charge in [0.2, 0.25) is 0 Å². The molecule has 2 unspecified atom stereocenters. The Kier molecular flexibility index (Phi) is 5.03. The van der Waals surface area contributed by atoms with Gasteiger partial charge in [0.1, 0.15) is 0 Å². The summed E-state index contributed by atoms with van der Waals surface area (Å²) in [6.45, 7) is 0. The van der Waals surface area contributed by atoms with E-state index in [1.54, 1.807) is 6.07 Å². The second-order valence-corrected chi connectivity index (χ2v) is 8.36. The summed E-state index contributed by atoms with van der Waals surface area (Å²) in [5, 5.41) is 12.0. The van der Waals surface area contributed by atoms with Crippen LogP contribution in [0.25, 0.3) is 0 Å². The highest BCUT2D eigenvalue weighted by Crippen LogP contribution is 2.32. The van der Waals surface area contributed by atoms with Gasteiger partial charge in [-0.05, 0) is 57.2 Å². The fraction of sp³-hybridized carbons (Fsp3) is 0.500. The molecule has 1 amide bonds. The highest BCUT2D eigenvalue weighted by Gasteiger charge is 2.28. The van der Waals surface area contributed by atoms with Gasteiger partial charge in [0.25, 0.3) is 5.91 Å². The monoisotopic (exact) mass is 409 g/mol. The van der Waals surface area contributed by atoms with Crippen LogP contribution < -0.4 is 5.32 Å². The van der Waals surface area contributed by atoms with Crippen LogP contribution in [0, 0.1) is 5.92 Å². The minimum Gasteiger partial charge on any atom is -0.481 e. The van der Waals surface area contributed by atoms with Crippen LogP contribution in [0.3, 0.4) is 0 Å². The fourth-order valence-corrected chi connectivity index (χ4v) is 5.10. The number of nitrogens with one attached hydrogen (secondary N) is 1. The zero-order valence-corrected chi connectivity index (χ0v) is 14.0. The van der Waals surface area contributed by atoms with E-state index >= 15 is 0 Å². The molecule has 19 heavy (non-hydrogen) atoms. The van der Waals surface area contributed by atoms with Crippen LogP contribution in [0.2, 0.25) is 0 Å². The number of hydrogen-bond donors (Lipinski definition) is 2. The van der Waals surface area contributed by atoms with Gasteiger partial charge in [0, 0.05) is 6.04 Å². The minimum absolute atomic E-state index is 0.0482. The molecule has 0 bridgehead atoms. The van der Waals surface area contributed by atoms with E-state index in [-0.39, 0.29) is 17.9 Å². The third kappa shape index (κ3) is 3.79. The molecule has 0 aromatic carbocycles. The zero-order chi connectivity index (χ0) is 14.0. The second kappa shape index (κ2) is 6.37. The number of aliphatic carboxylic acids is 1. The van der Waals surface area contributed by atoms with E-state index in [4.69, 9.17) is 5.11 Å². The predicted molar refractivity (Wildman–Crippen MR) is 80.6 cm³/mol. The summed E-state index contributed by atoms with van der Waals surface area (Å²) in [6, 6.07) is 1.72. The lowest BCUT2D eigenvalue weighted by molar-refractivity contribution is -0.143. The fourth-order valence-electron chi connectivity index (χ4n) is 2.30. The Morgan fingerprint density at radius 1 is 1.37 bits per heavy atom. The lowest BCUT2D eigenvalue weighted by Crippen LogP contribution is -2.39. The van der Waals surface area contributed by atoms with Crippen molar-refractivity contribution in [1.82, 2.24) is 5.32 Å². The van der Waals surface area contributed by atoms with Gasteiger partial charge in [-0.15, -0.1) is 11.3 Å². The molecule has 1 fully saturated rings. The number of thiophene rings is 1. The molecule has 2 rings (SSSR count). The molecule has 2 atom stereocenters. The average Bonchev–Trinajstić information content (AvgIpc) is 2.69. The van der Waals surface area contributed by atoms with E-state index < -0.39 is 5.97 Å². The number of rotatable bonds is 3. The largest absolute Gasteiger partial charge is 0.481 e. The van der Waals surface area contributed by atoms with Crippen molar-refractivity contribution < 1.29 is 14.7 Å². The van der Waals surface area contributed by atoms with Gasteiger partial charge in [-0.2, -0.15) is 0 Å². The van der Waals surface area contributed by atoms with Crippen molar-refractivity contribution in [1.29, 1.82) is 0 Å². The van der Waals surface area contributed by atoms with Crippen LogP contribution in [-0.2, 0) is 4.79 Å². The summed E-state index contributed by atoms with van der Waals surface area (Å²) in [5.74, 6) is -1.25. The molecular weight excluding hydrogens is 398 g/mol. The van der Waals surface area contributed by atoms with Gasteiger partial charge in [0.05, 0.1) is 19.1 Å². The first-order valence-corrected chi connectivity index (χ1v) is 8.36. The van der Waals surface area contributed by atoms with Gasteiger partial charge in [0.15, 0.2) is 0 Å². The molecule has 1 aromatic rings. The lowest BCUT2D eigenvalue weighted by atomic mass is 9.86. The molecule has 0 aliphatic heterocycles. The van der Waals surface area contributed by atoms with Crippen molar-refractivity contribution in [2.24, 2.45) is 5.92 Å². The molecular formula is C12H13Br2NO3S. The highest BCUT2D eigenvalue weighted by molar-refractivity contribution is 9.12. The van der Waals surface area contributed by atoms with Gasteiger partial charge in [-0.25, -0.2) is 0 Å². The number of amides is 1. The molecule has 0 saturated heterocycles. The number of carboxylic acids is 1. The summed E-state index contributed by atoms with van der Waals surface area (Å²) in [7, 11) is 0. The molecule has 7 heteroatoms. The summed E-state index contributed by atoms with van der Waals surface area (Å²) in [6.07, 6.45) is 2.91. The SMILES string of the molecule is O=C(NC1CCCC(C(=O)O)C1)c1cc(Br)sc1Br. The molecule has 0 radical (unpaired) electrons. The molecule has 104 valence electrons. The van der Waals surface area contributed by atoms with Crippen molar-refractivity contribution in [3.8, 4) is 0 Å². The van der Waals surface area contributed by atoms with Gasteiger partial charge in [-0.1, -0.05) is 6.42 Å². The zero-order valence-electron chi connectivity index (χ0n) is 9.99. The Hall–Kier alpha value is -0.400. The summed E-state index contributed by atoms with van der Waals surface area (Å²) in [4.78, 5) is 23.1. The predicted octanol–water partition coefficient (Wildman–Crippen LogP) is 3.65. The lowest BCUT2D eigenvalue weighted by Gasteiger charge is -2.27. The Balaban J connectivity index is 1.99. The first kappa shape index (κ1) is 15.0. The normalized spacial score (nSPS) is 23.1. The maximum atomic E-state index is 12.1. The maximum absolute atomic E-state index is 12.1. The first-order valence-electron chi connectivity index (χ1n) is 5.96. The van der Waals surface area contributed by atoms with Crippen LogP contribution in [0.15, 0.2) is 13.6 Å². The smallest absolute Gasteiger partial charge is 0.306 e. The van der Waals surface area contributed by atoms with Gasteiger partial charge >= 0.3 is 5.97 Å².